The third kappa shape index (κ3) is 4.85. The maximum absolute atomic E-state index is 15.2. The molecule has 3 aliphatic heterocycles. The molecular formula is C29H34FN9O2. The van der Waals surface area contributed by atoms with E-state index in [1.165, 1.54) is 35.9 Å². The second-order valence-corrected chi connectivity index (χ2v) is 11.2. The van der Waals surface area contributed by atoms with Gasteiger partial charge in [0, 0.05) is 75.9 Å². The Labute approximate surface area is 236 Å². The van der Waals surface area contributed by atoms with Crippen LogP contribution in [0.4, 0.5) is 10.2 Å². The van der Waals surface area contributed by atoms with E-state index < -0.39 is 5.82 Å². The molecule has 0 radical (unpaired) electrons. The highest BCUT2D eigenvalue weighted by atomic mass is 19.1. The second-order valence-electron chi connectivity index (χ2n) is 11.2. The van der Waals surface area contributed by atoms with Crippen molar-refractivity contribution in [3.05, 3.63) is 65.4 Å². The number of piperidine rings is 2. The molecule has 11 nitrogen and oxygen atoms in total. The molecule has 0 amide bonds. The SMILES string of the molecule is Nc1ncnc2c1n(-c1ccc(Oc3ccncc3)c(F)c1)c(=O)n2C1CCN(C2CCN(C3CNC3)CC2)CC1. The topological polar surface area (TPSA) is 119 Å². The number of likely N-dealkylation sites (tertiary alicyclic amines) is 2. The van der Waals surface area contributed by atoms with E-state index in [2.05, 4.69) is 30.1 Å². The number of pyridine rings is 1. The Morgan fingerprint density at radius 3 is 2.24 bits per heavy atom. The van der Waals surface area contributed by atoms with Gasteiger partial charge in [0.2, 0.25) is 0 Å². The average molecular weight is 560 g/mol. The van der Waals surface area contributed by atoms with Crippen molar-refractivity contribution in [2.75, 3.05) is 45.0 Å². The quantitative estimate of drug-likeness (QED) is 0.367. The largest absolute Gasteiger partial charge is 0.454 e. The Kier molecular flexibility index (Phi) is 6.89. The highest BCUT2D eigenvalue weighted by molar-refractivity contribution is 5.84. The molecule has 3 saturated heterocycles. The first-order valence-corrected chi connectivity index (χ1v) is 14.4. The van der Waals surface area contributed by atoms with E-state index in [0.717, 1.165) is 52.1 Å². The summed E-state index contributed by atoms with van der Waals surface area (Å²) >= 11 is 0. The molecule has 4 aromatic rings. The third-order valence-corrected chi connectivity index (χ3v) is 8.89. The van der Waals surface area contributed by atoms with Crippen molar-refractivity contribution in [3.8, 4) is 17.2 Å². The van der Waals surface area contributed by atoms with Gasteiger partial charge in [-0.05, 0) is 49.9 Å². The van der Waals surface area contributed by atoms with Crippen LogP contribution in [-0.2, 0) is 0 Å². The van der Waals surface area contributed by atoms with Crippen LogP contribution in [-0.4, -0.2) is 85.2 Å². The smallest absolute Gasteiger partial charge is 0.335 e. The molecule has 7 rings (SSSR count). The monoisotopic (exact) mass is 559 g/mol. The van der Waals surface area contributed by atoms with Crippen molar-refractivity contribution >= 4 is 17.0 Å². The van der Waals surface area contributed by atoms with Gasteiger partial charge in [0.25, 0.3) is 0 Å². The van der Waals surface area contributed by atoms with E-state index in [1.807, 2.05) is 0 Å². The lowest BCUT2D eigenvalue weighted by Gasteiger charge is -2.46. The predicted molar refractivity (Wildman–Crippen MR) is 153 cm³/mol. The van der Waals surface area contributed by atoms with Gasteiger partial charge in [-0.1, -0.05) is 0 Å². The molecule has 41 heavy (non-hydrogen) atoms. The van der Waals surface area contributed by atoms with Crippen molar-refractivity contribution in [1.82, 2.24) is 39.2 Å². The van der Waals surface area contributed by atoms with Crippen LogP contribution in [0.15, 0.2) is 53.8 Å². The molecule has 3 N–H and O–H groups in total. The minimum Gasteiger partial charge on any atom is -0.454 e. The number of fused-ring (bicyclic) bond motifs is 1. The summed E-state index contributed by atoms with van der Waals surface area (Å²) in [7, 11) is 0. The van der Waals surface area contributed by atoms with E-state index in [9.17, 15) is 4.79 Å². The van der Waals surface area contributed by atoms with Crippen LogP contribution in [0.25, 0.3) is 16.9 Å². The maximum Gasteiger partial charge on any atom is 0.335 e. The zero-order valence-corrected chi connectivity index (χ0v) is 22.8. The molecule has 3 aromatic heterocycles. The molecular weight excluding hydrogens is 525 g/mol. The number of imidazole rings is 1. The Hall–Kier alpha value is -3.87. The van der Waals surface area contributed by atoms with Crippen molar-refractivity contribution < 1.29 is 9.13 Å². The summed E-state index contributed by atoms with van der Waals surface area (Å²) in [5.74, 6) is 0.0822. The highest BCUT2D eigenvalue weighted by Gasteiger charge is 2.34. The zero-order chi connectivity index (χ0) is 27.9. The summed E-state index contributed by atoms with van der Waals surface area (Å²) in [6.07, 6.45) is 8.57. The minimum atomic E-state index is -0.601. The van der Waals surface area contributed by atoms with Crippen molar-refractivity contribution in [3.63, 3.8) is 0 Å². The summed E-state index contributed by atoms with van der Waals surface area (Å²) in [6.45, 7) is 6.39. The lowest BCUT2D eigenvalue weighted by molar-refractivity contribution is 0.0502. The maximum atomic E-state index is 15.2. The third-order valence-electron chi connectivity index (χ3n) is 8.89. The first kappa shape index (κ1) is 26.1. The Bertz CT molecular complexity index is 1590. The first-order valence-electron chi connectivity index (χ1n) is 14.4. The lowest BCUT2D eigenvalue weighted by Crippen LogP contribution is -2.60. The van der Waals surface area contributed by atoms with E-state index >= 15 is 4.39 Å². The number of benzene rings is 1. The van der Waals surface area contributed by atoms with Gasteiger partial charge in [0.15, 0.2) is 23.0 Å². The minimum absolute atomic E-state index is 0.0305. The van der Waals surface area contributed by atoms with E-state index in [0.29, 0.717) is 34.7 Å². The summed E-state index contributed by atoms with van der Waals surface area (Å²) < 4.78 is 24.0. The summed E-state index contributed by atoms with van der Waals surface area (Å²) in [5, 5.41) is 3.38. The van der Waals surface area contributed by atoms with Crippen molar-refractivity contribution in [2.24, 2.45) is 0 Å². The standard InChI is InChI=1S/C29H34FN9O2/c30-24-15-21(1-2-25(24)41-23-3-9-32-10-4-23)38-26-27(31)34-18-35-28(26)39(29(38)40)20-7-13-36(14-8-20)19-5-11-37(12-6-19)22-16-33-17-22/h1-4,9-10,15,18-20,22,33H,5-8,11-14,16-17H2,(H2,31,34,35). The number of hydrogen-bond donors (Lipinski definition) is 2. The van der Waals surface area contributed by atoms with E-state index in [4.69, 9.17) is 10.5 Å². The lowest BCUT2D eigenvalue weighted by atomic mass is 9.96. The van der Waals surface area contributed by atoms with Gasteiger partial charge in [-0.2, -0.15) is 0 Å². The number of ether oxygens (including phenoxy) is 1. The van der Waals surface area contributed by atoms with Crippen LogP contribution in [0.3, 0.4) is 0 Å². The number of anilines is 1. The van der Waals surface area contributed by atoms with E-state index in [1.54, 1.807) is 35.2 Å². The van der Waals surface area contributed by atoms with Gasteiger partial charge in [-0.3, -0.25) is 19.0 Å². The van der Waals surface area contributed by atoms with Gasteiger partial charge in [-0.25, -0.2) is 19.2 Å². The fraction of sp³-hybridized carbons (Fsp3) is 0.448. The number of rotatable bonds is 6. The molecule has 12 heteroatoms. The van der Waals surface area contributed by atoms with Gasteiger partial charge < -0.3 is 20.7 Å². The molecule has 0 unspecified atom stereocenters. The van der Waals surface area contributed by atoms with Gasteiger partial charge in [0.05, 0.1) is 5.69 Å². The molecule has 0 bridgehead atoms. The first-order chi connectivity index (χ1) is 20.1. The van der Waals surface area contributed by atoms with Gasteiger partial charge in [-0.15, -0.1) is 0 Å². The molecule has 0 saturated carbocycles. The second kappa shape index (κ2) is 10.8. The Balaban J connectivity index is 1.12. The number of nitrogens with two attached hydrogens (primary N) is 1. The molecule has 1 aromatic carbocycles. The van der Waals surface area contributed by atoms with Crippen molar-refractivity contribution in [2.45, 2.75) is 43.8 Å². The van der Waals surface area contributed by atoms with Crippen LogP contribution in [0.5, 0.6) is 11.5 Å². The van der Waals surface area contributed by atoms with Crippen LogP contribution in [0, 0.1) is 5.82 Å². The summed E-state index contributed by atoms with van der Waals surface area (Å²) in [4.78, 5) is 31.7. The number of nitrogens with one attached hydrogen (secondary N) is 1. The predicted octanol–water partition coefficient (Wildman–Crippen LogP) is 2.56. The normalized spacial score (nSPS) is 19.9. The molecule has 6 heterocycles. The number of aromatic nitrogens is 5. The number of hydrogen-bond acceptors (Lipinski definition) is 9. The van der Waals surface area contributed by atoms with Crippen LogP contribution in [0.1, 0.15) is 31.7 Å². The van der Waals surface area contributed by atoms with Crippen molar-refractivity contribution in [1.29, 1.82) is 0 Å². The summed E-state index contributed by atoms with van der Waals surface area (Å²) in [5.41, 5.74) is 7.18. The Morgan fingerprint density at radius 1 is 0.902 bits per heavy atom. The van der Waals surface area contributed by atoms with Gasteiger partial charge in [0.1, 0.15) is 17.6 Å². The van der Waals surface area contributed by atoms with E-state index in [-0.39, 0.29) is 23.3 Å². The van der Waals surface area contributed by atoms with Crippen LogP contribution >= 0.6 is 0 Å². The van der Waals surface area contributed by atoms with Crippen LogP contribution < -0.4 is 21.5 Å². The number of nitrogens with zero attached hydrogens (tertiary/aromatic N) is 7. The molecule has 214 valence electrons. The zero-order valence-electron chi connectivity index (χ0n) is 22.8. The fourth-order valence-corrected chi connectivity index (χ4v) is 6.54. The highest BCUT2D eigenvalue weighted by Crippen LogP contribution is 2.32. The molecule has 3 aliphatic rings. The Morgan fingerprint density at radius 2 is 1.59 bits per heavy atom. The average Bonchev–Trinajstić information content (AvgIpc) is 3.27. The molecule has 0 spiro atoms. The van der Waals surface area contributed by atoms with Crippen LogP contribution in [0.2, 0.25) is 0 Å². The number of halogens is 1. The molecule has 3 fully saturated rings. The fourth-order valence-electron chi connectivity index (χ4n) is 6.54. The number of nitrogen functional groups attached to an aromatic ring is 1. The molecule has 0 atom stereocenters. The van der Waals surface area contributed by atoms with Gasteiger partial charge >= 0.3 is 5.69 Å². The summed E-state index contributed by atoms with van der Waals surface area (Å²) in [6, 6.07) is 8.99. The molecule has 0 aliphatic carbocycles.